The number of halogens is 1. The highest BCUT2D eigenvalue weighted by atomic mass is 35.5. The van der Waals surface area contributed by atoms with E-state index in [0.29, 0.717) is 42.9 Å². The fourth-order valence-corrected chi connectivity index (χ4v) is 3.23. The van der Waals surface area contributed by atoms with Crippen molar-refractivity contribution >= 4 is 40.1 Å². The summed E-state index contributed by atoms with van der Waals surface area (Å²) in [7, 11) is 1.55. The molecule has 0 saturated heterocycles. The Balaban J connectivity index is 1.88. The average molecular weight is 431 g/mol. The largest absolute Gasteiger partial charge is 0.506 e. The molecule has 156 valence electrons. The molecule has 1 N–H and O–H groups in total. The van der Waals surface area contributed by atoms with Gasteiger partial charge in [0.15, 0.2) is 5.78 Å². The van der Waals surface area contributed by atoms with Gasteiger partial charge in [-0.15, -0.1) is 10.2 Å². The van der Waals surface area contributed by atoms with Gasteiger partial charge in [-0.25, -0.2) is 0 Å². The molecule has 0 atom stereocenters. The minimum atomic E-state index is -0.568. The number of anilines is 1. The van der Waals surface area contributed by atoms with Crippen LogP contribution in [0.1, 0.15) is 23.2 Å². The molecule has 0 unspecified atom stereocenters. The Morgan fingerprint density at radius 1 is 1.33 bits per heavy atom. The molecule has 0 amide bonds. The van der Waals surface area contributed by atoms with E-state index in [0.717, 1.165) is 6.07 Å². The Morgan fingerprint density at radius 2 is 2.07 bits per heavy atom. The van der Waals surface area contributed by atoms with Gasteiger partial charge in [-0.05, 0) is 12.1 Å². The number of fused-ring (bicyclic) bond motifs is 1. The highest BCUT2D eigenvalue weighted by molar-refractivity contribution is 6.33. The van der Waals surface area contributed by atoms with Gasteiger partial charge in [-0.1, -0.05) is 18.2 Å². The fourth-order valence-electron chi connectivity index (χ4n) is 3.01. The number of hydrogen-bond acceptors (Lipinski definition) is 8. The minimum Gasteiger partial charge on any atom is -0.506 e. The lowest BCUT2D eigenvalue weighted by atomic mass is 9.99. The molecular weight excluding hydrogens is 412 g/mol. The summed E-state index contributed by atoms with van der Waals surface area (Å²) in [4.78, 5) is 24.6. The van der Waals surface area contributed by atoms with Crippen LogP contribution in [-0.2, 0) is 4.74 Å². The first-order valence-corrected chi connectivity index (χ1v) is 9.40. The van der Waals surface area contributed by atoms with Crippen molar-refractivity contribution in [3.63, 3.8) is 0 Å². The van der Waals surface area contributed by atoms with Crippen molar-refractivity contribution in [1.82, 2.24) is 0 Å². The maximum atomic E-state index is 12.4. The minimum absolute atomic E-state index is 0.0472. The molecule has 30 heavy (non-hydrogen) atoms. The number of ether oxygens (including phenoxy) is 1. The number of carbonyl (C=O) groups excluding carboxylic acids is 1. The number of benzene rings is 2. The van der Waals surface area contributed by atoms with Crippen molar-refractivity contribution in [3.8, 4) is 5.75 Å². The molecule has 9 nitrogen and oxygen atoms in total. The van der Waals surface area contributed by atoms with Gasteiger partial charge in [-0.3, -0.25) is 14.9 Å². The summed E-state index contributed by atoms with van der Waals surface area (Å²) in [6, 6.07) is 6.73. The number of phenolic OH excluding ortho intramolecular Hbond substituents is 1. The van der Waals surface area contributed by atoms with Crippen LogP contribution in [0.5, 0.6) is 5.75 Å². The number of hydrogen-bond donors (Lipinski definition) is 1. The summed E-state index contributed by atoms with van der Waals surface area (Å²) in [5, 5.41) is 29.2. The molecule has 10 heteroatoms. The molecule has 0 radical (unpaired) electrons. The van der Waals surface area contributed by atoms with E-state index in [4.69, 9.17) is 16.3 Å². The van der Waals surface area contributed by atoms with Crippen LogP contribution in [0.4, 0.5) is 22.7 Å². The van der Waals surface area contributed by atoms with Crippen molar-refractivity contribution in [2.45, 2.75) is 12.8 Å². The highest BCUT2D eigenvalue weighted by Gasteiger charge is 2.25. The van der Waals surface area contributed by atoms with Crippen molar-refractivity contribution < 1.29 is 19.6 Å². The van der Waals surface area contributed by atoms with E-state index in [1.165, 1.54) is 24.3 Å². The van der Waals surface area contributed by atoms with Crippen LogP contribution in [0.2, 0.25) is 5.02 Å². The topological polar surface area (TPSA) is 118 Å². The van der Waals surface area contributed by atoms with Crippen LogP contribution < -0.4 is 4.90 Å². The van der Waals surface area contributed by atoms with Crippen LogP contribution >= 0.6 is 11.6 Å². The molecule has 0 fully saturated rings. The van der Waals surface area contributed by atoms with Crippen molar-refractivity contribution in [2.75, 3.05) is 25.1 Å². The summed E-state index contributed by atoms with van der Waals surface area (Å²) in [6.45, 7) is 4.91. The number of rotatable bonds is 7. The van der Waals surface area contributed by atoms with Crippen LogP contribution in [0.25, 0.3) is 0 Å². The van der Waals surface area contributed by atoms with E-state index < -0.39 is 4.92 Å². The lowest BCUT2D eigenvalue weighted by Crippen LogP contribution is -2.33. The Labute approximate surface area is 177 Å². The molecule has 2 aromatic carbocycles. The summed E-state index contributed by atoms with van der Waals surface area (Å²) in [5.74, 6) is 0.417. The number of nitro groups is 1. The van der Waals surface area contributed by atoms with Gasteiger partial charge in [-0.2, -0.15) is 0 Å². The van der Waals surface area contributed by atoms with Crippen LogP contribution in [0, 0.1) is 10.1 Å². The Hall–Kier alpha value is -3.46. The number of azo groups is 1. The van der Waals surface area contributed by atoms with Gasteiger partial charge in [0.05, 0.1) is 28.5 Å². The quantitative estimate of drug-likeness (QED) is 0.275. The Morgan fingerprint density at radius 3 is 2.73 bits per heavy atom. The van der Waals surface area contributed by atoms with Crippen LogP contribution in [0.15, 0.2) is 52.9 Å². The Bertz CT molecular complexity index is 1050. The number of aromatic hydroxyl groups is 1. The van der Waals surface area contributed by atoms with Gasteiger partial charge in [0.25, 0.3) is 5.69 Å². The number of nitro benzene ring substituents is 1. The summed E-state index contributed by atoms with van der Waals surface area (Å²) in [6.07, 6.45) is 0.924. The first-order valence-electron chi connectivity index (χ1n) is 9.02. The Kier molecular flexibility index (Phi) is 6.31. The first-order chi connectivity index (χ1) is 14.3. The molecule has 0 aromatic heterocycles. The molecular formula is C20H19ClN4O5. The third kappa shape index (κ3) is 4.57. The van der Waals surface area contributed by atoms with E-state index in [2.05, 4.69) is 16.8 Å². The second-order valence-corrected chi connectivity index (χ2v) is 7.01. The average Bonchev–Trinajstić information content (AvgIpc) is 2.72. The molecule has 0 bridgehead atoms. The predicted octanol–water partition coefficient (Wildman–Crippen LogP) is 5.31. The zero-order valence-corrected chi connectivity index (χ0v) is 16.9. The molecule has 0 spiro atoms. The maximum Gasteiger partial charge on any atom is 0.271 e. The SMILES string of the molecule is C=C(CCN1CCC(=O)c2cc(N=Nc3ccc([N+](=O)[O-])cc3Cl)c(O)cc21)OC. The van der Waals surface area contributed by atoms with E-state index >= 15 is 0 Å². The lowest BCUT2D eigenvalue weighted by molar-refractivity contribution is -0.384. The van der Waals surface area contributed by atoms with Gasteiger partial charge in [0.2, 0.25) is 0 Å². The van der Waals surface area contributed by atoms with E-state index in [9.17, 15) is 20.0 Å². The van der Waals surface area contributed by atoms with Gasteiger partial charge >= 0.3 is 0 Å². The zero-order chi connectivity index (χ0) is 21.8. The first kappa shape index (κ1) is 21.3. The number of nitrogens with zero attached hydrogens (tertiary/aromatic N) is 4. The van der Waals surface area contributed by atoms with Crippen LogP contribution in [-0.4, -0.2) is 36.0 Å². The van der Waals surface area contributed by atoms with Gasteiger partial charge in [0.1, 0.15) is 17.1 Å². The molecule has 3 rings (SSSR count). The summed E-state index contributed by atoms with van der Waals surface area (Å²) >= 11 is 6.01. The summed E-state index contributed by atoms with van der Waals surface area (Å²) in [5.41, 5.74) is 1.17. The normalized spacial score (nSPS) is 13.4. The second kappa shape index (κ2) is 8.91. The smallest absolute Gasteiger partial charge is 0.271 e. The molecule has 2 aromatic rings. The van der Waals surface area contributed by atoms with Crippen molar-refractivity contribution in [2.24, 2.45) is 10.2 Å². The number of ketones is 1. The van der Waals surface area contributed by atoms with Gasteiger partial charge < -0.3 is 14.7 Å². The van der Waals surface area contributed by atoms with Crippen molar-refractivity contribution in [3.05, 3.63) is 63.4 Å². The predicted molar refractivity (Wildman–Crippen MR) is 112 cm³/mol. The highest BCUT2D eigenvalue weighted by Crippen LogP contribution is 2.39. The zero-order valence-electron chi connectivity index (χ0n) is 16.2. The van der Waals surface area contributed by atoms with Gasteiger partial charge in [0, 0.05) is 49.7 Å². The molecule has 0 aliphatic carbocycles. The molecule has 1 heterocycles. The number of carbonyl (C=O) groups is 1. The number of Topliss-reactive ketones (excluding diaryl/α,β-unsaturated/α-hetero) is 1. The summed E-state index contributed by atoms with van der Waals surface area (Å²) < 4.78 is 5.08. The maximum absolute atomic E-state index is 12.4. The van der Waals surface area contributed by atoms with Crippen LogP contribution in [0.3, 0.4) is 0 Å². The third-order valence-electron chi connectivity index (χ3n) is 4.70. The lowest BCUT2D eigenvalue weighted by Gasteiger charge is -2.31. The third-order valence-corrected chi connectivity index (χ3v) is 5.00. The monoisotopic (exact) mass is 430 g/mol. The standard InChI is InChI=1S/C20H19ClN4O5/c1-12(30-2)5-7-24-8-6-19(26)14-10-17(20(27)11-18(14)24)23-22-16-4-3-13(25(28)29)9-15(16)21/h3-4,9-11,27H,1,5-8H2,2H3. The molecule has 1 aliphatic rings. The van der Waals surface area contributed by atoms with E-state index in [-0.39, 0.29) is 33.6 Å². The second-order valence-electron chi connectivity index (χ2n) is 6.60. The van der Waals surface area contributed by atoms with E-state index in [1.54, 1.807) is 7.11 Å². The fraction of sp³-hybridized carbons (Fsp3) is 0.250. The van der Waals surface area contributed by atoms with Crippen molar-refractivity contribution in [1.29, 1.82) is 0 Å². The number of methoxy groups -OCH3 is 1. The number of phenols is 1. The van der Waals surface area contributed by atoms with E-state index in [1.807, 2.05) is 4.90 Å². The number of non-ortho nitro benzene ring substituents is 1. The molecule has 1 aliphatic heterocycles. The molecule has 0 saturated carbocycles.